The van der Waals surface area contributed by atoms with Gasteiger partial charge in [-0.05, 0) is 25.8 Å². The molecule has 0 unspecified atom stereocenters. The first-order valence-electron chi connectivity index (χ1n) is 7.36. The summed E-state index contributed by atoms with van der Waals surface area (Å²) < 4.78 is 1.37. The molecule has 22 heavy (non-hydrogen) atoms. The van der Waals surface area contributed by atoms with Gasteiger partial charge in [-0.2, -0.15) is 0 Å². The number of H-pyrrole nitrogens is 1. The maximum Gasteiger partial charge on any atom is 0.329 e. The predicted molar refractivity (Wildman–Crippen MR) is 84.4 cm³/mol. The number of carbonyl (C=O) groups is 1. The number of aryl methyl sites for hydroxylation is 1. The van der Waals surface area contributed by atoms with Crippen LogP contribution < -0.4 is 16.6 Å². The van der Waals surface area contributed by atoms with Crippen molar-refractivity contribution in [1.82, 2.24) is 19.9 Å². The van der Waals surface area contributed by atoms with Crippen molar-refractivity contribution in [3.05, 3.63) is 38.2 Å². The minimum Gasteiger partial charge on any atom is -0.352 e. The molecule has 0 aliphatic carbocycles. The smallest absolute Gasteiger partial charge is 0.329 e. The minimum absolute atomic E-state index is 0.0669. The van der Waals surface area contributed by atoms with Crippen LogP contribution in [0.2, 0.25) is 0 Å². The van der Waals surface area contributed by atoms with Crippen LogP contribution in [0.1, 0.15) is 49.7 Å². The standard InChI is InChI=1S/C15H20N4O3/c1-5-16-13(20)9-7-10(8(3)4)17-12-11(9)14(21)18-15(22)19(12)6-2/h7-8H,5-6H2,1-4H3,(H,16,20)(H,18,21,22). The van der Waals surface area contributed by atoms with E-state index in [0.29, 0.717) is 18.8 Å². The summed E-state index contributed by atoms with van der Waals surface area (Å²) >= 11 is 0. The van der Waals surface area contributed by atoms with Gasteiger partial charge in [-0.1, -0.05) is 13.8 Å². The number of fused-ring (bicyclic) bond motifs is 1. The molecule has 2 aromatic rings. The highest BCUT2D eigenvalue weighted by molar-refractivity contribution is 6.05. The van der Waals surface area contributed by atoms with Crippen molar-refractivity contribution in [1.29, 1.82) is 0 Å². The van der Waals surface area contributed by atoms with Crippen LogP contribution >= 0.6 is 0 Å². The van der Waals surface area contributed by atoms with Gasteiger partial charge in [-0.15, -0.1) is 0 Å². The molecule has 1 amide bonds. The third-order valence-corrected chi connectivity index (χ3v) is 3.46. The van der Waals surface area contributed by atoms with E-state index in [2.05, 4.69) is 15.3 Å². The molecule has 0 fully saturated rings. The molecule has 0 atom stereocenters. The Balaban J connectivity index is 2.96. The Morgan fingerprint density at radius 3 is 2.59 bits per heavy atom. The molecule has 0 saturated heterocycles. The number of nitrogens with one attached hydrogen (secondary N) is 2. The van der Waals surface area contributed by atoms with Gasteiger partial charge < -0.3 is 5.32 Å². The number of hydrogen-bond donors (Lipinski definition) is 2. The molecular weight excluding hydrogens is 284 g/mol. The van der Waals surface area contributed by atoms with Crippen molar-refractivity contribution < 1.29 is 4.79 Å². The topological polar surface area (TPSA) is 96.8 Å². The SMILES string of the molecule is CCNC(=O)c1cc(C(C)C)nc2c1c(=O)[nH]c(=O)n2CC. The van der Waals surface area contributed by atoms with E-state index in [0.717, 1.165) is 0 Å². The molecule has 0 aliphatic heterocycles. The van der Waals surface area contributed by atoms with Crippen LogP contribution in [0.15, 0.2) is 15.7 Å². The predicted octanol–water partition coefficient (Wildman–Crippen LogP) is 0.978. The highest BCUT2D eigenvalue weighted by atomic mass is 16.2. The number of pyridine rings is 1. The lowest BCUT2D eigenvalue weighted by atomic mass is 10.0. The second kappa shape index (κ2) is 6.13. The molecule has 0 aliphatic rings. The Kier molecular flexibility index (Phi) is 4.44. The summed E-state index contributed by atoms with van der Waals surface area (Å²) in [5.41, 5.74) is 0.0627. The fraction of sp³-hybridized carbons (Fsp3) is 0.467. The lowest BCUT2D eigenvalue weighted by Crippen LogP contribution is -2.33. The van der Waals surface area contributed by atoms with Crippen LogP contribution in [0.3, 0.4) is 0 Å². The number of carbonyl (C=O) groups excluding carboxylic acids is 1. The van der Waals surface area contributed by atoms with Crippen molar-refractivity contribution in [2.24, 2.45) is 0 Å². The van der Waals surface area contributed by atoms with E-state index in [1.807, 2.05) is 13.8 Å². The Morgan fingerprint density at radius 2 is 2.05 bits per heavy atom. The lowest BCUT2D eigenvalue weighted by molar-refractivity contribution is 0.0957. The van der Waals surface area contributed by atoms with E-state index in [1.165, 1.54) is 4.57 Å². The maximum absolute atomic E-state index is 12.3. The summed E-state index contributed by atoms with van der Waals surface area (Å²) in [5, 5.41) is 2.84. The third-order valence-electron chi connectivity index (χ3n) is 3.46. The summed E-state index contributed by atoms with van der Waals surface area (Å²) in [5.74, 6) is -0.277. The molecule has 7 heteroatoms. The first-order chi connectivity index (χ1) is 10.4. The van der Waals surface area contributed by atoms with Gasteiger partial charge in [0.05, 0.1) is 10.9 Å². The average molecular weight is 304 g/mol. The van der Waals surface area contributed by atoms with Gasteiger partial charge in [0.2, 0.25) is 0 Å². The first-order valence-corrected chi connectivity index (χ1v) is 7.36. The number of rotatable bonds is 4. The quantitative estimate of drug-likeness (QED) is 0.880. The molecule has 0 spiro atoms. The second-order valence-corrected chi connectivity index (χ2v) is 5.31. The van der Waals surface area contributed by atoms with Crippen LogP contribution in [0.5, 0.6) is 0 Å². The van der Waals surface area contributed by atoms with Gasteiger partial charge in [-0.3, -0.25) is 19.1 Å². The normalized spacial score (nSPS) is 11.1. The third kappa shape index (κ3) is 2.66. The van der Waals surface area contributed by atoms with Crippen LogP contribution in [-0.2, 0) is 6.54 Å². The summed E-state index contributed by atoms with van der Waals surface area (Å²) in [4.78, 5) is 43.1. The largest absolute Gasteiger partial charge is 0.352 e. The summed E-state index contributed by atoms with van der Waals surface area (Å²) in [7, 11) is 0. The van der Waals surface area contributed by atoms with Crippen LogP contribution in [0.4, 0.5) is 0 Å². The molecule has 2 heterocycles. The number of amides is 1. The zero-order valence-corrected chi connectivity index (χ0v) is 13.2. The van der Waals surface area contributed by atoms with Crippen LogP contribution in [0, 0.1) is 0 Å². The fourth-order valence-corrected chi connectivity index (χ4v) is 2.32. The monoisotopic (exact) mass is 304 g/mol. The van der Waals surface area contributed by atoms with E-state index >= 15 is 0 Å². The number of hydrogen-bond acceptors (Lipinski definition) is 4. The Morgan fingerprint density at radius 1 is 1.36 bits per heavy atom. The summed E-state index contributed by atoms with van der Waals surface area (Å²) in [6.07, 6.45) is 0. The molecule has 7 nitrogen and oxygen atoms in total. The zero-order valence-electron chi connectivity index (χ0n) is 13.2. The molecule has 118 valence electrons. The van der Waals surface area contributed by atoms with Gasteiger partial charge in [0.1, 0.15) is 0 Å². The summed E-state index contributed by atoms with van der Waals surface area (Å²) in [6.45, 7) is 8.28. The lowest BCUT2D eigenvalue weighted by Gasteiger charge is -2.13. The molecule has 2 rings (SSSR count). The van der Waals surface area contributed by atoms with Crippen molar-refractivity contribution in [3.63, 3.8) is 0 Å². The minimum atomic E-state index is -0.589. The van der Waals surface area contributed by atoms with Crippen molar-refractivity contribution in [2.75, 3.05) is 6.54 Å². The first kappa shape index (κ1) is 15.9. The number of aromatic nitrogens is 3. The van der Waals surface area contributed by atoms with Crippen LogP contribution in [0.25, 0.3) is 11.0 Å². The molecule has 2 N–H and O–H groups in total. The van der Waals surface area contributed by atoms with E-state index < -0.39 is 11.2 Å². The Bertz CT molecular complexity index is 833. The molecule has 0 aromatic carbocycles. The Hall–Kier alpha value is -2.44. The highest BCUT2D eigenvalue weighted by Crippen LogP contribution is 2.19. The molecule has 0 saturated carbocycles. The van der Waals surface area contributed by atoms with E-state index in [4.69, 9.17) is 0 Å². The summed E-state index contributed by atoms with van der Waals surface area (Å²) in [6, 6.07) is 1.62. The highest BCUT2D eigenvalue weighted by Gasteiger charge is 2.19. The van der Waals surface area contributed by atoms with Crippen molar-refractivity contribution in [3.8, 4) is 0 Å². The molecule has 0 radical (unpaired) electrons. The second-order valence-electron chi connectivity index (χ2n) is 5.31. The molecular formula is C15H20N4O3. The van der Waals surface area contributed by atoms with Crippen molar-refractivity contribution in [2.45, 2.75) is 40.2 Å². The number of aromatic amines is 1. The number of nitrogens with zero attached hydrogens (tertiary/aromatic N) is 2. The Labute approximate surface area is 127 Å². The fourth-order valence-electron chi connectivity index (χ4n) is 2.32. The van der Waals surface area contributed by atoms with Crippen molar-refractivity contribution >= 4 is 16.9 Å². The van der Waals surface area contributed by atoms with Crippen LogP contribution in [-0.4, -0.2) is 27.0 Å². The zero-order chi connectivity index (χ0) is 16.4. The van der Waals surface area contributed by atoms with Gasteiger partial charge in [-0.25, -0.2) is 9.78 Å². The van der Waals surface area contributed by atoms with Gasteiger partial charge in [0.25, 0.3) is 11.5 Å². The maximum atomic E-state index is 12.3. The molecule has 2 aromatic heterocycles. The van der Waals surface area contributed by atoms with E-state index in [9.17, 15) is 14.4 Å². The van der Waals surface area contributed by atoms with Gasteiger partial charge in [0.15, 0.2) is 5.65 Å². The van der Waals surface area contributed by atoms with E-state index in [1.54, 1.807) is 19.9 Å². The molecule has 0 bridgehead atoms. The van der Waals surface area contributed by atoms with Gasteiger partial charge in [0, 0.05) is 18.8 Å². The van der Waals surface area contributed by atoms with E-state index in [-0.39, 0.29) is 28.4 Å². The average Bonchev–Trinajstić information content (AvgIpc) is 2.46. The van der Waals surface area contributed by atoms with Gasteiger partial charge >= 0.3 is 5.69 Å².